The van der Waals surface area contributed by atoms with Crippen LogP contribution in [-0.4, -0.2) is 26.5 Å². The van der Waals surface area contributed by atoms with Crippen molar-refractivity contribution in [2.75, 3.05) is 23.4 Å². The SMILES string of the molecule is N#Cc1cc(Cl)ccc1NCC1CCS(=O)(=O)C1. The minimum atomic E-state index is -2.85. The average Bonchev–Trinajstić information content (AvgIpc) is 2.67. The molecule has 0 radical (unpaired) electrons. The number of nitrogens with zero attached hydrogens (tertiary/aromatic N) is 1. The molecule has 18 heavy (non-hydrogen) atoms. The molecule has 1 heterocycles. The minimum Gasteiger partial charge on any atom is -0.384 e. The highest BCUT2D eigenvalue weighted by Crippen LogP contribution is 2.22. The minimum absolute atomic E-state index is 0.122. The number of sulfone groups is 1. The van der Waals surface area contributed by atoms with Crippen molar-refractivity contribution in [1.82, 2.24) is 0 Å². The van der Waals surface area contributed by atoms with Crippen LogP contribution in [0.4, 0.5) is 5.69 Å². The average molecular weight is 285 g/mol. The van der Waals surface area contributed by atoms with Crippen LogP contribution in [0.1, 0.15) is 12.0 Å². The third kappa shape index (κ3) is 3.15. The number of benzene rings is 1. The van der Waals surface area contributed by atoms with Crippen LogP contribution in [0.15, 0.2) is 18.2 Å². The Kier molecular flexibility index (Phi) is 3.79. The van der Waals surface area contributed by atoms with Crippen molar-refractivity contribution in [2.24, 2.45) is 5.92 Å². The van der Waals surface area contributed by atoms with Gasteiger partial charge in [0.1, 0.15) is 6.07 Å². The van der Waals surface area contributed by atoms with Crippen molar-refractivity contribution in [3.63, 3.8) is 0 Å². The van der Waals surface area contributed by atoms with Crippen LogP contribution >= 0.6 is 11.6 Å². The first-order chi connectivity index (χ1) is 8.50. The smallest absolute Gasteiger partial charge is 0.150 e. The van der Waals surface area contributed by atoms with E-state index in [0.717, 1.165) is 0 Å². The quantitative estimate of drug-likeness (QED) is 0.922. The zero-order valence-electron chi connectivity index (χ0n) is 9.69. The first-order valence-corrected chi connectivity index (χ1v) is 7.84. The molecule has 96 valence electrons. The van der Waals surface area contributed by atoms with Crippen LogP contribution in [0.5, 0.6) is 0 Å². The second-order valence-corrected chi connectivity index (χ2v) is 7.12. The Morgan fingerprint density at radius 3 is 2.89 bits per heavy atom. The molecule has 1 N–H and O–H groups in total. The normalized spacial score (nSPS) is 21.4. The first kappa shape index (κ1) is 13.2. The van der Waals surface area contributed by atoms with Crippen LogP contribution in [0.25, 0.3) is 0 Å². The molecule has 0 spiro atoms. The van der Waals surface area contributed by atoms with E-state index in [-0.39, 0.29) is 17.4 Å². The molecule has 0 aliphatic carbocycles. The fourth-order valence-corrected chi connectivity index (χ4v) is 4.08. The van der Waals surface area contributed by atoms with Crippen molar-refractivity contribution in [2.45, 2.75) is 6.42 Å². The fraction of sp³-hybridized carbons (Fsp3) is 0.417. The number of hydrogen-bond acceptors (Lipinski definition) is 4. The summed E-state index contributed by atoms with van der Waals surface area (Å²) in [7, 11) is -2.85. The van der Waals surface area contributed by atoms with E-state index >= 15 is 0 Å². The van der Waals surface area contributed by atoms with Crippen LogP contribution in [0.3, 0.4) is 0 Å². The summed E-state index contributed by atoms with van der Waals surface area (Å²) in [6.45, 7) is 0.565. The molecular formula is C12H13ClN2O2S. The number of nitriles is 1. The van der Waals surface area contributed by atoms with E-state index < -0.39 is 9.84 Å². The summed E-state index contributed by atoms with van der Waals surface area (Å²) in [5.41, 5.74) is 1.18. The predicted molar refractivity (Wildman–Crippen MR) is 71.4 cm³/mol. The van der Waals surface area contributed by atoms with Gasteiger partial charge in [-0.3, -0.25) is 0 Å². The maximum Gasteiger partial charge on any atom is 0.150 e. The van der Waals surface area contributed by atoms with E-state index in [2.05, 4.69) is 11.4 Å². The highest BCUT2D eigenvalue weighted by Gasteiger charge is 2.27. The third-order valence-electron chi connectivity index (χ3n) is 3.01. The van der Waals surface area contributed by atoms with Crippen molar-refractivity contribution in [3.8, 4) is 6.07 Å². The van der Waals surface area contributed by atoms with E-state index in [1.165, 1.54) is 0 Å². The molecule has 1 unspecified atom stereocenters. The molecule has 1 saturated heterocycles. The summed E-state index contributed by atoms with van der Waals surface area (Å²) in [4.78, 5) is 0. The molecule has 1 aliphatic rings. The lowest BCUT2D eigenvalue weighted by Crippen LogP contribution is -2.16. The Hall–Kier alpha value is -1.25. The molecule has 2 rings (SSSR count). The van der Waals surface area contributed by atoms with E-state index in [0.29, 0.717) is 29.2 Å². The molecule has 1 atom stereocenters. The maximum absolute atomic E-state index is 11.3. The summed E-state index contributed by atoms with van der Waals surface area (Å²) < 4.78 is 22.6. The van der Waals surface area contributed by atoms with Gasteiger partial charge in [0, 0.05) is 11.6 Å². The molecular weight excluding hydrogens is 272 g/mol. The monoisotopic (exact) mass is 284 g/mol. The van der Waals surface area contributed by atoms with Gasteiger partial charge in [-0.05, 0) is 30.5 Å². The number of hydrogen-bond donors (Lipinski definition) is 1. The topological polar surface area (TPSA) is 70.0 Å². The van der Waals surface area contributed by atoms with Gasteiger partial charge in [-0.2, -0.15) is 5.26 Å². The summed E-state index contributed by atoms with van der Waals surface area (Å²) in [6, 6.07) is 7.10. The molecule has 1 aromatic carbocycles. The second-order valence-electron chi connectivity index (χ2n) is 4.45. The fourth-order valence-electron chi connectivity index (χ4n) is 2.05. The van der Waals surface area contributed by atoms with E-state index in [1.54, 1.807) is 18.2 Å². The molecule has 1 fully saturated rings. The van der Waals surface area contributed by atoms with Gasteiger partial charge < -0.3 is 5.32 Å². The molecule has 0 amide bonds. The third-order valence-corrected chi connectivity index (χ3v) is 5.08. The molecule has 1 aliphatic heterocycles. The molecule has 0 bridgehead atoms. The lowest BCUT2D eigenvalue weighted by molar-refractivity contribution is 0.596. The Morgan fingerprint density at radius 2 is 2.28 bits per heavy atom. The summed E-state index contributed by atoms with van der Waals surface area (Å²) in [5.74, 6) is 0.623. The zero-order chi connectivity index (χ0) is 13.2. The summed E-state index contributed by atoms with van der Waals surface area (Å²) in [6.07, 6.45) is 0.685. The Balaban J connectivity index is 2.01. The Labute approximate surface area is 111 Å². The van der Waals surface area contributed by atoms with Crippen LogP contribution in [0.2, 0.25) is 5.02 Å². The van der Waals surface area contributed by atoms with Crippen molar-refractivity contribution < 1.29 is 8.42 Å². The molecule has 0 aromatic heterocycles. The van der Waals surface area contributed by atoms with Crippen LogP contribution in [0, 0.1) is 17.2 Å². The Bertz CT molecular complexity index is 593. The van der Waals surface area contributed by atoms with Crippen LogP contribution < -0.4 is 5.32 Å². The lowest BCUT2D eigenvalue weighted by atomic mass is 10.1. The molecule has 1 aromatic rings. The largest absolute Gasteiger partial charge is 0.384 e. The molecule has 4 nitrogen and oxygen atoms in total. The van der Waals surface area contributed by atoms with Gasteiger partial charge in [0.2, 0.25) is 0 Å². The summed E-state index contributed by atoms with van der Waals surface area (Å²) in [5, 5.41) is 12.6. The Morgan fingerprint density at radius 1 is 1.50 bits per heavy atom. The van der Waals surface area contributed by atoms with E-state index in [4.69, 9.17) is 16.9 Å². The van der Waals surface area contributed by atoms with Gasteiger partial charge in [0.25, 0.3) is 0 Å². The van der Waals surface area contributed by atoms with Crippen molar-refractivity contribution >= 4 is 27.1 Å². The van der Waals surface area contributed by atoms with Crippen molar-refractivity contribution in [1.29, 1.82) is 5.26 Å². The van der Waals surface area contributed by atoms with Gasteiger partial charge in [-0.1, -0.05) is 11.6 Å². The van der Waals surface area contributed by atoms with Crippen LogP contribution in [-0.2, 0) is 9.84 Å². The van der Waals surface area contributed by atoms with Crippen molar-refractivity contribution in [3.05, 3.63) is 28.8 Å². The number of anilines is 1. The first-order valence-electron chi connectivity index (χ1n) is 5.64. The van der Waals surface area contributed by atoms with Gasteiger partial charge in [-0.15, -0.1) is 0 Å². The highest BCUT2D eigenvalue weighted by atomic mass is 35.5. The van der Waals surface area contributed by atoms with Gasteiger partial charge in [-0.25, -0.2) is 8.42 Å². The van der Waals surface area contributed by atoms with Gasteiger partial charge in [0.05, 0.1) is 22.8 Å². The standard InChI is InChI=1S/C12H13ClN2O2S/c13-11-1-2-12(10(5-11)6-14)15-7-9-3-4-18(16,17)8-9/h1-2,5,9,15H,3-4,7-8H2. The highest BCUT2D eigenvalue weighted by molar-refractivity contribution is 7.91. The predicted octanol–water partition coefficient (Wildman–Crippen LogP) is 2.06. The van der Waals surface area contributed by atoms with E-state index in [1.807, 2.05) is 0 Å². The zero-order valence-corrected chi connectivity index (χ0v) is 11.3. The van der Waals surface area contributed by atoms with E-state index in [9.17, 15) is 8.42 Å². The molecule has 0 saturated carbocycles. The molecule has 6 heteroatoms. The maximum atomic E-state index is 11.3. The number of nitrogens with one attached hydrogen (secondary N) is 1. The number of rotatable bonds is 3. The lowest BCUT2D eigenvalue weighted by Gasteiger charge is -2.12. The summed E-state index contributed by atoms with van der Waals surface area (Å²) >= 11 is 5.80. The van der Waals surface area contributed by atoms with Gasteiger partial charge >= 0.3 is 0 Å². The number of halogens is 1. The van der Waals surface area contributed by atoms with Gasteiger partial charge in [0.15, 0.2) is 9.84 Å². The second kappa shape index (κ2) is 5.17.